The van der Waals surface area contributed by atoms with Crippen molar-refractivity contribution in [3.8, 4) is 0 Å². The van der Waals surface area contributed by atoms with E-state index in [0.29, 0.717) is 0 Å². The Balaban J connectivity index is 0.000000956. The zero-order chi connectivity index (χ0) is 22.5. The second-order valence-corrected chi connectivity index (χ2v) is 9.73. The van der Waals surface area contributed by atoms with Crippen LogP contribution in [0.4, 0.5) is 25.2 Å². The van der Waals surface area contributed by atoms with Gasteiger partial charge >= 0.3 is 44.5 Å². The van der Waals surface area contributed by atoms with E-state index in [2.05, 4.69) is 26.0 Å². The van der Waals surface area contributed by atoms with Gasteiger partial charge in [-0.1, -0.05) is 77.6 Å². The molecule has 29 heavy (non-hydrogen) atoms. The molecule has 8 heteroatoms. The van der Waals surface area contributed by atoms with E-state index >= 15 is 0 Å². The summed E-state index contributed by atoms with van der Waals surface area (Å²) in [4.78, 5) is 0. The molecule has 1 rings (SSSR count). The molecule has 0 aliphatic rings. The van der Waals surface area contributed by atoms with E-state index in [0.717, 1.165) is 17.9 Å². The van der Waals surface area contributed by atoms with E-state index < -0.39 is 7.81 Å². The molecule has 1 heterocycles. The standard InChI is InChI=1S/C21H37O.F6P/c1-4-5-6-7-8-9-10-11-12-13-14-15-16-21-18-19(2)17-20(3)22-21;1-7(2,3,4,5)6/h17-18H,4-16H2,1-3H3;/q+1;-1. The molecule has 0 fully saturated rings. The SMILES string of the molecule is CCCCCCCCCCCCCCc1cc(C)cc(C)[o+]1.F[P-](F)(F)(F)(F)F. The molecule has 0 spiro atoms. The molecule has 0 amide bonds. The molecule has 0 aromatic carbocycles. The number of halogens is 6. The Kier molecular flexibility index (Phi) is 11.8. The van der Waals surface area contributed by atoms with Crippen molar-refractivity contribution >= 4 is 7.81 Å². The van der Waals surface area contributed by atoms with E-state index in [-0.39, 0.29) is 0 Å². The summed E-state index contributed by atoms with van der Waals surface area (Å²) in [5.74, 6) is 2.19. The molecule has 1 nitrogen and oxygen atoms in total. The van der Waals surface area contributed by atoms with E-state index in [1.165, 1.54) is 82.6 Å². The Morgan fingerprint density at radius 1 is 0.655 bits per heavy atom. The van der Waals surface area contributed by atoms with Crippen LogP contribution in [0.1, 0.15) is 101 Å². The summed E-state index contributed by atoms with van der Waals surface area (Å²) in [5, 5.41) is 0. The number of hydrogen-bond donors (Lipinski definition) is 0. The average Bonchev–Trinajstić information content (AvgIpc) is 2.52. The van der Waals surface area contributed by atoms with E-state index in [1.54, 1.807) is 0 Å². The van der Waals surface area contributed by atoms with Crippen molar-refractivity contribution in [3.05, 3.63) is 29.2 Å². The molecular weight excluding hydrogens is 413 g/mol. The predicted octanol–water partition coefficient (Wildman–Crippen LogP) is 10.8. The van der Waals surface area contributed by atoms with Crippen LogP contribution >= 0.6 is 7.81 Å². The zero-order valence-electron chi connectivity index (χ0n) is 18.0. The molecule has 0 radical (unpaired) electrons. The summed E-state index contributed by atoms with van der Waals surface area (Å²) in [6, 6.07) is 4.29. The van der Waals surface area contributed by atoms with Crippen LogP contribution in [0.2, 0.25) is 0 Å². The van der Waals surface area contributed by atoms with Gasteiger partial charge < -0.3 is 0 Å². The molecule has 0 saturated carbocycles. The van der Waals surface area contributed by atoms with Gasteiger partial charge in [-0.2, -0.15) is 0 Å². The third kappa shape index (κ3) is 27.2. The molecule has 0 bridgehead atoms. The van der Waals surface area contributed by atoms with Crippen LogP contribution in [0.5, 0.6) is 0 Å². The first-order valence-corrected chi connectivity index (χ1v) is 12.7. The molecule has 0 aliphatic heterocycles. The average molecular weight is 450 g/mol. The molecule has 1 aromatic heterocycles. The van der Waals surface area contributed by atoms with Crippen molar-refractivity contribution in [1.29, 1.82) is 0 Å². The van der Waals surface area contributed by atoms with Gasteiger partial charge in [0.25, 0.3) is 0 Å². The normalized spacial score (nSPS) is 14.0. The Labute approximate surface area is 171 Å². The van der Waals surface area contributed by atoms with E-state index in [9.17, 15) is 25.2 Å². The van der Waals surface area contributed by atoms with Crippen molar-refractivity contribution < 1.29 is 29.6 Å². The van der Waals surface area contributed by atoms with Gasteiger partial charge in [0.15, 0.2) is 0 Å². The Morgan fingerprint density at radius 2 is 1.03 bits per heavy atom. The van der Waals surface area contributed by atoms with Gasteiger partial charge in [0.05, 0.1) is 13.3 Å². The third-order valence-electron chi connectivity index (χ3n) is 4.39. The van der Waals surface area contributed by atoms with Gasteiger partial charge in [0, 0.05) is 12.1 Å². The maximum atomic E-state index is 9.87. The summed E-state index contributed by atoms with van der Waals surface area (Å²) in [6.45, 7) is 6.47. The van der Waals surface area contributed by atoms with Crippen LogP contribution < -0.4 is 0 Å². The van der Waals surface area contributed by atoms with Crippen LogP contribution in [-0.2, 0) is 6.42 Å². The molecule has 0 N–H and O–H groups in total. The Bertz CT molecular complexity index is 540. The van der Waals surface area contributed by atoms with Gasteiger partial charge in [0.2, 0.25) is 0 Å². The summed E-state index contributed by atoms with van der Waals surface area (Å²) in [6.07, 6.45) is 18.0. The van der Waals surface area contributed by atoms with Gasteiger partial charge in [-0.25, -0.2) is 4.42 Å². The van der Waals surface area contributed by atoms with Crippen molar-refractivity contribution in [3.63, 3.8) is 0 Å². The minimum absolute atomic E-state index is 1.04. The van der Waals surface area contributed by atoms with Crippen molar-refractivity contribution in [2.24, 2.45) is 0 Å². The Morgan fingerprint density at radius 3 is 1.41 bits per heavy atom. The first-order chi connectivity index (χ1) is 13.2. The molecule has 0 atom stereocenters. The number of rotatable bonds is 13. The molecule has 1 aromatic rings. The second kappa shape index (κ2) is 12.1. The summed E-state index contributed by atoms with van der Waals surface area (Å²) < 4.78 is 65.0. The summed E-state index contributed by atoms with van der Waals surface area (Å²) in [7, 11) is -10.7. The summed E-state index contributed by atoms with van der Waals surface area (Å²) >= 11 is 0. The van der Waals surface area contributed by atoms with Crippen molar-refractivity contribution in [1.82, 2.24) is 0 Å². The van der Waals surface area contributed by atoms with Crippen LogP contribution in [0, 0.1) is 13.8 Å². The molecule has 0 saturated heterocycles. The predicted molar refractivity (Wildman–Crippen MR) is 111 cm³/mol. The fraction of sp³-hybridized carbons (Fsp3) is 0.762. The van der Waals surface area contributed by atoms with Crippen molar-refractivity contribution in [2.45, 2.75) is 104 Å². The van der Waals surface area contributed by atoms with Crippen LogP contribution in [0.3, 0.4) is 0 Å². The minimum atomic E-state index is -10.7. The van der Waals surface area contributed by atoms with E-state index in [1.807, 2.05) is 6.92 Å². The molecule has 0 unspecified atom stereocenters. The molecular formula is C21H37F6OP. The van der Waals surface area contributed by atoms with Gasteiger partial charge in [-0.15, -0.1) is 0 Å². The molecule has 174 valence electrons. The molecule has 0 aliphatic carbocycles. The maximum absolute atomic E-state index is 10.7. The fourth-order valence-electron chi connectivity index (χ4n) is 3.15. The Hall–Kier alpha value is -0.840. The third-order valence-corrected chi connectivity index (χ3v) is 4.39. The number of unbranched alkanes of at least 4 members (excludes halogenated alkanes) is 11. The zero-order valence-corrected chi connectivity index (χ0v) is 18.9. The fourth-order valence-corrected chi connectivity index (χ4v) is 3.15. The first-order valence-electron chi connectivity index (χ1n) is 10.6. The number of aryl methyl sites for hydroxylation is 3. The van der Waals surface area contributed by atoms with E-state index in [4.69, 9.17) is 4.42 Å². The first kappa shape index (κ1) is 28.2. The number of hydrogen-bond acceptors (Lipinski definition) is 0. The van der Waals surface area contributed by atoms with Crippen LogP contribution in [-0.4, -0.2) is 0 Å². The van der Waals surface area contributed by atoms with Gasteiger partial charge in [-0.3, -0.25) is 0 Å². The van der Waals surface area contributed by atoms with Gasteiger partial charge in [0.1, 0.15) is 0 Å². The van der Waals surface area contributed by atoms with Crippen molar-refractivity contribution in [2.75, 3.05) is 0 Å². The summed E-state index contributed by atoms with van der Waals surface area (Å²) in [5.41, 5.74) is 1.32. The van der Waals surface area contributed by atoms with Crippen LogP contribution in [0.15, 0.2) is 16.5 Å². The van der Waals surface area contributed by atoms with Gasteiger partial charge in [-0.05, 0) is 18.9 Å². The monoisotopic (exact) mass is 450 g/mol. The second-order valence-electron chi connectivity index (χ2n) is 7.81. The van der Waals surface area contributed by atoms with Crippen LogP contribution in [0.25, 0.3) is 0 Å². The topological polar surface area (TPSA) is 11.3 Å². The quantitative estimate of drug-likeness (QED) is 0.126.